The molecule has 5 rings (SSSR count). The molecule has 1 aromatic heterocycles. The monoisotopic (exact) mass is 492 g/mol. The molecule has 0 saturated carbocycles. The van der Waals surface area contributed by atoms with Crippen molar-refractivity contribution < 1.29 is 8.42 Å². The second kappa shape index (κ2) is 9.49. The molecule has 1 atom stereocenters. The number of rotatable bonds is 7. The highest BCUT2D eigenvalue weighted by Crippen LogP contribution is 2.28. The van der Waals surface area contributed by atoms with E-state index in [0.29, 0.717) is 17.7 Å². The third kappa shape index (κ3) is 4.60. The summed E-state index contributed by atoms with van der Waals surface area (Å²) in [6, 6.07) is 20.8. The van der Waals surface area contributed by atoms with Gasteiger partial charge >= 0.3 is 4.87 Å². The molecular formula is C27H28N2O3S2. The number of thiazole rings is 1. The molecule has 1 aliphatic rings. The van der Waals surface area contributed by atoms with Gasteiger partial charge in [0, 0.05) is 6.04 Å². The Morgan fingerprint density at radius 1 is 0.971 bits per heavy atom. The quantitative estimate of drug-likeness (QED) is 0.375. The summed E-state index contributed by atoms with van der Waals surface area (Å²) >= 11 is 1.08. The van der Waals surface area contributed by atoms with E-state index in [4.69, 9.17) is 0 Å². The van der Waals surface area contributed by atoms with Gasteiger partial charge in [-0.25, -0.2) is 13.1 Å². The van der Waals surface area contributed by atoms with Crippen LogP contribution >= 0.6 is 11.3 Å². The molecule has 0 saturated heterocycles. The van der Waals surface area contributed by atoms with Gasteiger partial charge in [0.05, 0.1) is 21.7 Å². The molecule has 0 radical (unpaired) electrons. The fourth-order valence-corrected chi connectivity index (χ4v) is 7.08. The predicted octanol–water partition coefficient (Wildman–Crippen LogP) is 5.42. The summed E-state index contributed by atoms with van der Waals surface area (Å²) in [6.45, 7) is 2.45. The van der Waals surface area contributed by atoms with E-state index in [0.717, 1.165) is 40.8 Å². The van der Waals surface area contributed by atoms with Crippen LogP contribution in [-0.4, -0.2) is 13.0 Å². The van der Waals surface area contributed by atoms with Gasteiger partial charge in [0.15, 0.2) is 0 Å². The molecule has 0 amide bonds. The standard InChI is InChI=1S/C27H28N2O3S2/c1-2-24(22-13-12-20-10-6-7-11-21(20)16-22)28-34(31,32)23-14-15-25-26(17-23)33-27(30)29(25)18-19-8-4-3-5-9-19/h3-5,8-9,12-17,24,28H,2,6-7,10-11,18H2,1H3/t24-/m0/s1. The van der Waals surface area contributed by atoms with Gasteiger partial charge in [-0.2, -0.15) is 0 Å². The summed E-state index contributed by atoms with van der Waals surface area (Å²) in [6.07, 6.45) is 5.22. The van der Waals surface area contributed by atoms with Crippen molar-refractivity contribution in [3.63, 3.8) is 0 Å². The van der Waals surface area contributed by atoms with Gasteiger partial charge in [-0.05, 0) is 72.6 Å². The highest BCUT2D eigenvalue weighted by atomic mass is 32.2. The van der Waals surface area contributed by atoms with Crippen LogP contribution in [0.1, 0.15) is 54.5 Å². The van der Waals surface area contributed by atoms with Crippen LogP contribution in [0.25, 0.3) is 10.2 Å². The van der Waals surface area contributed by atoms with Crippen molar-refractivity contribution in [2.75, 3.05) is 0 Å². The molecule has 7 heteroatoms. The third-order valence-corrected chi connectivity index (χ3v) is 9.03. The highest BCUT2D eigenvalue weighted by molar-refractivity contribution is 7.89. The first-order valence-electron chi connectivity index (χ1n) is 11.8. The number of hydrogen-bond acceptors (Lipinski definition) is 4. The van der Waals surface area contributed by atoms with E-state index in [1.165, 1.54) is 24.0 Å². The number of benzene rings is 3. The SMILES string of the molecule is CC[C@H](NS(=O)(=O)c1ccc2c(c1)sc(=O)n2Cc1ccccc1)c1ccc2c(c1)CCCC2. The van der Waals surface area contributed by atoms with Crippen LogP contribution in [0, 0.1) is 0 Å². The molecule has 1 heterocycles. The lowest BCUT2D eigenvalue weighted by Gasteiger charge is -2.21. The van der Waals surface area contributed by atoms with E-state index in [9.17, 15) is 13.2 Å². The Morgan fingerprint density at radius 3 is 2.50 bits per heavy atom. The zero-order valence-electron chi connectivity index (χ0n) is 19.2. The normalized spacial score (nSPS) is 14.7. The van der Waals surface area contributed by atoms with E-state index in [-0.39, 0.29) is 15.8 Å². The highest BCUT2D eigenvalue weighted by Gasteiger charge is 2.23. The third-order valence-electron chi connectivity index (χ3n) is 6.61. The van der Waals surface area contributed by atoms with Crippen LogP contribution in [-0.2, 0) is 29.4 Å². The van der Waals surface area contributed by atoms with Gasteiger partial charge in [-0.15, -0.1) is 0 Å². The number of nitrogens with one attached hydrogen (secondary N) is 1. The van der Waals surface area contributed by atoms with E-state index < -0.39 is 10.0 Å². The average molecular weight is 493 g/mol. The Balaban J connectivity index is 1.42. The molecule has 3 aromatic carbocycles. The number of fused-ring (bicyclic) bond motifs is 2. The van der Waals surface area contributed by atoms with Crippen LogP contribution in [0.15, 0.2) is 76.4 Å². The van der Waals surface area contributed by atoms with Crippen LogP contribution in [0.4, 0.5) is 0 Å². The zero-order valence-corrected chi connectivity index (χ0v) is 20.8. The summed E-state index contributed by atoms with van der Waals surface area (Å²) in [4.78, 5) is 12.7. The summed E-state index contributed by atoms with van der Waals surface area (Å²) in [5, 5.41) is 0. The lowest BCUT2D eigenvalue weighted by atomic mass is 9.89. The van der Waals surface area contributed by atoms with Crippen LogP contribution < -0.4 is 9.60 Å². The number of nitrogens with zero attached hydrogens (tertiary/aromatic N) is 1. The van der Waals surface area contributed by atoms with Gasteiger partial charge in [-0.1, -0.05) is 66.8 Å². The first kappa shape index (κ1) is 23.0. The maximum absolute atomic E-state index is 13.3. The summed E-state index contributed by atoms with van der Waals surface area (Å²) in [5.41, 5.74) is 5.50. The van der Waals surface area contributed by atoms with E-state index in [1.807, 2.05) is 37.3 Å². The van der Waals surface area contributed by atoms with Crippen molar-refractivity contribution in [2.45, 2.75) is 56.5 Å². The number of sulfonamides is 1. The average Bonchev–Trinajstić information content (AvgIpc) is 3.17. The second-order valence-corrected chi connectivity index (χ2v) is 11.6. The molecule has 34 heavy (non-hydrogen) atoms. The van der Waals surface area contributed by atoms with Crippen molar-refractivity contribution in [3.8, 4) is 0 Å². The van der Waals surface area contributed by atoms with E-state index in [1.54, 1.807) is 22.8 Å². The lowest BCUT2D eigenvalue weighted by molar-refractivity contribution is 0.549. The smallest absolute Gasteiger partial charge is 0.294 e. The lowest BCUT2D eigenvalue weighted by Crippen LogP contribution is -2.28. The van der Waals surface area contributed by atoms with Gasteiger partial charge in [0.25, 0.3) is 0 Å². The van der Waals surface area contributed by atoms with Gasteiger partial charge in [-0.3, -0.25) is 9.36 Å². The van der Waals surface area contributed by atoms with Crippen molar-refractivity contribution in [2.24, 2.45) is 0 Å². The molecule has 176 valence electrons. The minimum atomic E-state index is -3.75. The van der Waals surface area contributed by atoms with Crippen LogP contribution in [0.3, 0.4) is 0 Å². The number of hydrogen-bond donors (Lipinski definition) is 1. The Hall–Kier alpha value is -2.74. The fraction of sp³-hybridized carbons (Fsp3) is 0.296. The summed E-state index contributed by atoms with van der Waals surface area (Å²) in [7, 11) is -3.75. The fourth-order valence-electron chi connectivity index (χ4n) is 4.74. The Bertz CT molecular complexity index is 1490. The second-order valence-electron chi connectivity index (χ2n) is 8.89. The van der Waals surface area contributed by atoms with Gasteiger partial charge < -0.3 is 0 Å². The summed E-state index contributed by atoms with van der Waals surface area (Å²) in [5.74, 6) is 0. The Morgan fingerprint density at radius 2 is 1.74 bits per heavy atom. The molecule has 1 aliphatic carbocycles. The zero-order chi connectivity index (χ0) is 23.7. The van der Waals surface area contributed by atoms with E-state index in [2.05, 4.69) is 22.9 Å². The Labute approximate surface area is 204 Å². The van der Waals surface area contributed by atoms with Crippen molar-refractivity contribution in [1.82, 2.24) is 9.29 Å². The molecule has 0 fully saturated rings. The minimum absolute atomic E-state index is 0.0955. The van der Waals surface area contributed by atoms with Crippen molar-refractivity contribution in [1.29, 1.82) is 0 Å². The molecule has 1 N–H and O–H groups in total. The van der Waals surface area contributed by atoms with Crippen molar-refractivity contribution in [3.05, 3.63) is 98.7 Å². The molecule has 0 bridgehead atoms. The molecule has 0 aliphatic heterocycles. The largest absolute Gasteiger partial charge is 0.308 e. The maximum atomic E-state index is 13.3. The molecular weight excluding hydrogens is 464 g/mol. The minimum Gasteiger partial charge on any atom is -0.294 e. The topological polar surface area (TPSA) is 68.2 Å². The molecule has 4 aromatic rings. The molecule has 5 nitrogen and oxygen atoms in total. The molecule has 0 spiro atoms. The van der Waals surface area contributed by atoms with Crippen LogP contribution in [0.5, 0.6) is 0 Å². The molecule has 0 unspecified atom stereocenters. The summed E-state index contributed by atoms with van der Waals surface area (Å²) < 4.78 is 31.9. The first-order valence-corrected chi connectivity index (χ1v) is 14.1. The first-order chi connectivity index (χ1) is 16.4. The van der Waals surface area contributed by atoms with Gasteiger partial charge in [0.1, 0.15) is 0 Å². The number of aromatic nitrogens is 1. The maximum Gasteiger partial charge on any atom is 0.308 e. The van der Waals surface area contributed by atoms with Gasteiger partial charge in [0.2, 0.25) is 10.0 Å². The predicted molar refractivity (Wildman–Crippen MR) is 138 cm³/mol. The van der Waals surface area contributed by atoms with Crippen LogP contribution in [0.2, 0.25) is 0 Å². The van der Waals surface area contributed by atoms with E-state index >= 15 is 0 Å². The Kier molecular flexibility index (Phi) is 6.42. The van der Waals surface area contributed by atoms with Crippen molar-refractivity contribution >= 4 is 31.6 Å². The number of aryl methyl sites for hydroxylation is 2.